The smallest absolute Gasteiger partial charge is 0.314 e. The van der Waals surface area contributed by atoms with Crippen LogP contribution in [0.5, 0.6) is 0 Å². The first kappa shape index (κ1) is 15.2. The monoisotopic (exact) mass is 279 g/mol. The summed E-state index contributed by atoms with van der Waals surface area (Å²) in [6.45, 7) is 3.51. The van der Waals surface area contributed by atoms with Gasteiger partial charge in [-0.15, -0.1) is 0 Å². The van der Waals surface area contributed by atoms with E-state index in [0.717, 1.165) is 12.1 Å². The van der Waals surface area contributed by atoms with E-state index in [1.165, 1.54) is 0 Å². The summed E-state index contributed by atoms with van der Waals surface area (Å²) in [6.07, 6.45) is 0. The molecule has 0 radical (unpaired) electrons. The van der Waals surface area contributed by atoms with Gasteiger partial charge in [-0.25, -0.2) is 8.78 Å². The largest absolute Gasteiger partial charge is 0.351 e. The van der Waals surface area contributed by atoms with Gasteiger partial charge >= 0.3 is 7.60 Å². The van der Waals surface area contributed by atoms with Crippen LogP contribution in [0.4, 0.5) is 8.78 Å². The fourth-order valence-corrected chi connectivity index (χ4v) is 3.12. The van der Waals surface area contributed by atoms with Gasteiger partial charge in [0.2, 0.25) is 0 Å². The number of hydrogen-bond acceptors (Lipinski definition) is 4. The standard InChI is InChI=1S/C11H16F2NO3P/c1-3-16-18(15,17-4-2)11(14)8-5-9(12)7-10(13)6-8/h5-7,11H,3-4,14H2,1-2H3/t11-/m0/s1. The second-order valence-electron chi connectivity index (χ2n) is 3.52. The van der Waals surface area contributed by atoms with Crippen molar-refractivity contribution in [3.8, 4) is 0 Å². The molecule has 102 valence electrons. The van der Waals surface area contributed by atoms with Crippen LogP contribution in [0.2, 0.25) is 0 Å². The molecule has 0 aliphatic rings. The molecule has 4 nitrogen and oxygen atoms in total. The van der Waals surface area contributed by atoms with Crippen molar-refractivity contribution in [2.75, 3.05) is 13.2 Å². The van der Waals surface area contributed by atoms with Gasteiger partial charge in [0.25, 0.3) is 0 Å². The van der Waals surface area contributed by atoms with Crippen molar-refractivity contribution in [2.24, 2.45) is 5.73 Å². The van der Waals surface area contributed by atoms with Crippen LogP contribution in [0.15, 0.2) is 18.2 Å². The second-order valence-corrected chi connectivity index (χ2v) is 5.68. The molecule has 0 unspecified atom stereocenters. The molecule has 2 N–H and O–H groups in total. The molecule has 0 heterocycles. The Hall–Kier alpha value is -0.810. The van der Waals surface area contributed by atoms with E-state index in [1.807, 2.05) is 0 Å². The summed E-state index contributed by atoms with van der Waals surface area (Å²) < 4.78 is 48.5. The fourth-order valence-electron chi connectivity index (χ4n) is 1.49. The highest BCUT2D eigenvalue weighted by Gasteiger charge is 2.34. The third kappa shape index (κ3) is 3.59. The van der Waals surface area contributed by atoms with Crippen molar-refractivity contribution in [1.29, 1.82) is 0 Å². The molecule has 0 fully saturated rings. The van der Waals surface area contributed by atoms with E-state index in [1.54, 1.807) is 13.8 Å². The van der Waals surface area contributed by atoms with Gasteiger partial charge in [0.05, 0.1) is 13.2 Å². The number of benzene rings is 1. The molecule has 0 bridgehead atoms. The predicted octanol–water partition coefficient (Wildman–Crippen LogP) is 3.19. The van der Waals surface area contributed by atoms with Crippen molar-refractivity contribution in [3.63, 3.8) is 0 Å². The highest BCUT2D eigenvalue weighted by molar-refractivity contribution is 7.54. The molecule has 0 saturated heterocycles. The Labute approximate surface area is 105 Å². The maximum Gasteiger partial charge on any atom is 0.351 e. The minimum atomic E-state index is -3.63. The molecule has 1 rings (SSSR count). The lowest BCUT2D eigenvalue weighted by atomic mass is 10.2. The van der Waals surface area contributed by atoms with Crippen LogP contribution < -0.4 is 5.73 Å². The molecule has 0 aliphatic heterocycles. The normalized spacial score (nSPS) is 13.6. The quantitative estimate of drug-likeness (QED) is 0.812. The number of nitrogens with two attached hydrogens (primary N) is 1. The summed E-state index contributed by atoms with van der Waals surface area (Å²) in [6, 6.07) is 2.74. The van der Waals surface area contributed by atoms with Crippen LogP contribution in [0.1, 0.15) is 25.2 Å². The van der Waals surface area contributed by atoms with E-state index in [2.05, 4.69) is 0 Å². The van der Waals surface area contributed by atoms with Gasteiger partial charge in [-0.3, -0.25) is 4.57 Å². The van der Waals surface area contributed by atoms with Crippen molar-refractivity contribution >= 4 is 7.60 Å². The topological polar surface area (TPSA) is 61.5 Å². The summed E-state index contributed by atoms with van der Waals surface area (Å²) >= 11 is 0. The molecule has 7 heteroatoms. The first-order chi connectivity index (χ1) is 8.42. The van der Waals surface area contributed by atoms with Gasteiger partial charge in [-0.2, -0.15) is 0 Å². The van der Waals surface area contributed by atoms with E-state index in [9.17, 15) is 13.3 Å². The minimum absolute atomic E-state index is 0.0396. The average Bonchev–Trinajstić information content (AvgIpc) is 2.27. The number of hydrogen-bond donors (Lipinski definition) is 1. The zero-order chi connectivity index (χ0) is 13.8. The first-order valence-electron chi connectivity index (χ1n) is 5.53. The van der Waals surface area contributed by atoms with Crippen molar-refractivity contribution in [2.45, 2.75) is 19.6 Å². The molecule has 1 aromatic carbocycles. The highest BCUT2D eigenvalue weighted by Crippen LogP contribution is 2.58. The van der Waals surface area contributed by atoms with Crippen molar-refractivity contribution in [1.82, 2.24) is 0 Å². The Bertz CT molecular complexity index is 426. The van der Waals surface area contributed by atoms with Crippen LogP contribution in [-0.2, 0) is 13.6 Å². The number of halogens is 2. The molecule has 0 aromatic heterocycles. The lowest BCUT2D eigenvalue weighted by molar-refractivity contribution is 0.212. The predicted molar refractivity (Wildman–Crippen MR) is 64.1 cm³/mol. The van der Waals surface area contributed by atoms with E-state index >= 15 is 0 Å². The van der Waals surface area contributed by atoms with E-state index < -0.39 is 25.0 Å². The van der Waals surface area contributed by atoms with Crippen LogP contribution in [-0.4, -0.2) is 13.2 Å². The van der Waals surface area contributed by atoms with Gasteiger partial charge in [0.1, 0.15) is 17.4 Å². The Morgan fingerprint density at radius 3 is 2.00 bits per heavy atom. The summed E-state index contributed by atoms with van der Waals surface area (Å²) in [7, 11) is -3.63. The average molecular weight is 279 g/mol. The maximum atomic E-state index is 13.1. The Morgan fingerprint density at radius 1 is 1.17 bits per heavy atom. The molecule has 0 amide bonds. The van der Waals surface area contributed by atoms with E-state index in [-0.39, 0.29) is 18.8 Å². The van der Waals surface area contributed by atoms with Gasteiger partial charge < -0.3 is 14.8 Å². The molecule has 0 spiro atoms. The molecular formula is C11H16F2NO3P. The summed E-state index contributed by atoms with van der Waals surface area (Å²) in [4.78, 5) is 0. The van der Waals surface area contributed by atoms with Crippen LogP contribution >= 0.6 is 7.60 Å². The highest BCUT2D eigenvalue weighted by atomic mass is 31.2. The lowest BCUT2D eigenvalue weighted by Gasteiger charge is -2.23. The van der Waals surface area contributed by atoms with Gasteiger partial charge in [0.15, 0.2) is 0 Å². The molecular weight excluding hydrogens is 263 g/mol. The van der Waals surface area contributed by atoms with Crippen LogP contribution in [0.25, 0.3) is 0 Å². The van der Waals surface area contributed by atoms with Gasteiger partial charge in [0, 0.05) is 6.07 Å². The van der Waals surface area contributed by atoms with Crippen LogP contribution in [0, 0.1) is 11.6 Å². The summed E-state index contributed by atoms with van der Waals surface area (Å²) in [5.41, 5.74) is 5.78. The van der Waals surface area contributed by atoms with Crippen molar-refractivity contribution < 1.29 is 22.4 Å². The van der Waals surface area contributed by atoms with E-state index in [4.69, 9.17) is 14.8 Å². The minimum Gasteiger partial charge on any atom is -0.314 e. The molecule has 1 atom stereocenters. The third-order valence-corrected chi connectivity index (χ3v) is 4.40. The van der Waals surface area contributed by atoms with Gasteiger partial charge in [-0.05, 0) is 31.5 Å². The zero-order valence-corrected chi connectivity index (χ0v) is 11.1. The molecule has 0 saturated carbocycles. The molecule has 1 aromatic rings. The van der Waals surface area contributed by atoms with Crippen molar-refractivity contribution in [3.05, 3.63) is 35.4 Å². The SMILES string of the molecule is CCOP(=O)(OCC)[C@H](N)c1cc(F)cc(F)c1. The zero-order valence-electron chi connectivity index (χ0n) is 10.2. The number of rotatable bonds is 6. The van der Waals surface area contributed by atoms with E-state index in [0.29, 0.717) is 6.07 Å². The Balaban J connectivity index is 3.09. The second kappa shape index (κ2) is 6.38. The molecule has 0 aliphatic carbocycles. The maximum absolute atomic E-state index is 13.1. The molecule has 18 heavy (non-hydrogen) atoms. The van der Waals surface area contributed by atoms with Gasteiger partial charge in [-0.1, -0.05) is 0 Å². The summed E-state index contributed by atoms with van der Waals surface area (Å²) in [5.74, 6) is -2.80. The third-order valence-electron chi connectivity index (χ3n) is 2.19. The summed E-state index contributed by atoms with van der Waals surface area (Å²) in [5, 5.41) is 0. The van der Waals surface area contributed by atoms with Crippen LogP contribution in [0.3, 0.4) is 0 Å². The Morgan fingerprint density at radius 2 is 1.61 bits per heavy atom. The fraction of sp³-hybridized carbons (Fsp3) is 0.455. The lowest BCUT2D eigenvalue weighted by Crippen LogP contribution is -2.15. The first-order valence-corrected chi connectivity index (χ1v) is 7.14. The Kier molecular flexibility index (Phi) is 5.41.